The SMILES string of the molecule is CCC(NS(=O)(=O)c1ccccc1)C(=O)Nc1cc(O)c(NC(=O)/C(C)=N/N)cc1Cl. The minimum atomic E-state index is -3.92. The topological polar surface area (TPSA) is 163 Å². The third kappa shape index (κ3) is 6.17. The van der Waals surface area contributed by atoms with Crippen molar-refractivity contribution in [1.29, 1.82) is 0 Å². The van der Waals surface area contributed by atoms with E-state index in [0.717, 1.165) is 6.07 Å². The highest BCUT2D eigenvalue weighted by Crippen LogP contribution is 2.34. The van der Waals surface area contributed by atoms with E-state index in [-0.39, 0.29) is 39.2 Å². The molecule has 31 heavy (non-hydrogen) atoms. The molecule has 0 saturated heterocycles. The van der Waals surface area contributed by atoms with Gasteiger partial charge in [-0.15, -0.1) is 0 Å². The molecule has 0 aliphatic rings. The van der Waals surface area contributed by atoms with E-state index >= 15 is 0 Å². The van der Waals surface area contributed by atoms with Crippen molar-refractivity contribution in [3.63, 3.8) is 0 Å². The Hall–Kier alpha value is -3.15. The second kappa shape index (κ2) is 10.2. The fraction of sp³-hybridized carbons (Fsp3) is 0.211. The number of aromatic hydroxyl groups is 1. The molecule has 0 heterocycles. The number of sulfonamides is 1. The molecule has 0 radical (unpaired) electrons. The van der Waals surface area contributed by atoms with Crippen LogP contribution in [-0.2, 0) is 19.6 Å². The van der Waals surface area contributed by atoms with E-state index < -0.39 is 27.9 Å². The fourth-order valence-electron chi connectivity index (χ4n) is 2.43. The highest BCUT2D eigenvalue weighted by atomic mass is 35.5. The van der Waals surface area contributed by atoms with Crippen molar-refractivity contribution in [3.05, 3.63) is 47.5 Å². The number of carbonyl (C=O) groups is 2. The molecule has 1 unspecified atom stereocenters. The summed E-state index contributed by atoms with van der Waals surface area (Å²) < 4.78 is 27.3. The molecule has 2 aromatic rings. The van der Waals surface area contributed by atoms with Gasteiger partial charge in [0.15, 0.2) is 0 Å². The number of nitrogens with two attached hydrogens (primary N) is 1. The summed E-state index contributed by atoms with van der Waals surface area (Å²) in [6, 6.07) is 8.89. The molecule has 0 aliphatic heterocycles. The van der Waals surface area contributed by atoms with E-state index in [1.165, 1.54) is 25.1 Å². The van der Waals surface area contributed by atoms with Crippen LogP contribution in [0.1, 0.15) is 20.3 Å². The molecular weight excluding hydrogens is 446 g/mol. The van der Waals surface area contributed by atoms with Crippen LogP contribution in [0.3, 0.4) is 0 Å². The van der Waals surface area contributed by atoms with Crippen LogP contribution in [-0.4, -0.2) is 37.1 Å². The molecule has 0 saturated carbocycles. The summed E-state index contributed by atoms with van der Waals surface area (Å²) in [7, 11) is -3.92. The van der Waals surface area contributed by atoms with Gasteiger partial charge < -0.3 is 21.6 Å². The minimum absolute atomic E-state index is 0.00422. The van der Waals surface area contributed by atoms with E-state index in [1.807, 2.05) is 0 Å². The normalized spacial score (nSPS) is 12.8. The summed E-state index contributed by atoms with van der Waals surface area (Å²) in [6.45, 7) is 3.01. The largest absolute Gasteiger partial charge is 0.506 e. The van der Waals surface area contributed by atoms with Crippen molar-refractivity contribution in [2.45, 2.75) is 31.2 Å². The van der Waals surface area contributed by atoms with Crippen LogP contribution in [0.2, 0.25) is 5.02 Å². The van der Waals surface area contributed by atoms with Gasteiger partial charge in [0, 0.05) is 6.07 Å². The quantitative estimate of drug-likeness (QED) is 0.172. The van der Waals surface area contributed by atoms with E-state index in [1.54, 1.807) is 25.1 Å². The molecule has 2 amide bonds. The van der Waals surface area contributed by atoms with Gasteiger partial charge in [0.2, 0.25) is 15.9 Å². The van der Waals surface area contributed by atoms with E-state index in [4.69, 9.17) is 17.4 Å². The van der Waals surface area contributed by atoms with Crippen LogP contribution >= 0.6 is 11.6 Å². The number of benzene rings is 2. The Morgan fingerprint density at radius 1 is 1.16 bits per heavy atom. The predicted octanol–water partition coefficient (Wildman–Crippen LogP) is 2.01. The number of nitrogens with zero attached hydrogens (tertiary/aromatic N) is 1. The van der Waals surface area contributed by atoms with Crippen molar-refractivity contribution >= 4 is 50.5 Å². The van der Waals surface area contributed by atoms with E-state index in [0.29, 0.717) is 0 Å². The molecule has 2 aromatic carbocycles. The zero-order valence-corrected chi connectivity index (χ0v) is 18.3. The van der Waals surface area contributed by atoms with Crippen LogP contribution in [0.25, 0.3) is 0 Å². The Labute approximate surface area is 184 Å². The van der Waals surface area contributed by atoms with Gasteiger partial charge in [-0.05, 0) is 31.5 Å². The summed E-state index contributed by atoms with van der Waals surface area (Å²) in [5.74, 6) is 3.34. The van der Waals surface area contributed by atoms with E-state index in [9.17, 15) is 23.1 Å². The number of hydrogen-bond acceptors (Lipinski definition) is 7. The summed E-state index contributed by atoms with van der Waals surface area (Å²) in [5.41, 5.74) is -0.0130. The van der Waals surface area contributed by atoms with Gasteiger partial charge >= 0.3 is 0 Å². The van der Waals surface area contributed by atoms with Gasteiger partial charge in [0.25, 0.3) is 5.91 Å². The number of anilines is 2. The third-order valence-corrected chi connectivity index (χ3v) is 5.99. The van der Waals surface area contributed by atoms with Crippen LogP contribution in [0.5, 0.6) is 5.75 Å². The molecule has 166 valence electrons. The van der Waals surface area contributed by atoms with Crippen LogP contribution < -0.4 is 21.2 Å². The minimum Gasteiger partial charge on any atom is -0.506 e. The number of halogens is 1. The second-order valence-electron chi connectivity index (χ2n) is 6.40. The third-order valence-electron chi connectivity index (χ3n) is 4.19. The molecular formula is C19H22ClN5O5S. The summed E-state index contributed by atoms with van der Waals surface area (Å²) in [6.07, 6.45) is 0.160. The summed E-state index contributed by atoms with van der Waals surface area (Å²) >= 11 is 6.15. The molecule has 12 heteroatoms. The van der Waals surface area contributed by atoms with Crippen LogP contribution in [0.15, 0.2) is 52.5 Å². The standard InChI is InChI=1S/C19H22ClN5O5S/c1-3-14(25-31(29,30)12-7-5-4-6-8-12)19(28)22-15-10-17(26)16(9-13(15)20)23-18(27)11(2)24-21/h4-10,14,25-26H,3,21H2,1-2H3,(H,22,28)(H,23,27)/b24-11+. The number of phenolic OH excluding ortho intramolecular Hbond substituents is 1. The Morgan fingerprint density at radius 3 is 2.39 bits per heavy atom. The maximum Gasteiger partial charge on any atom is 0.271 e. The lowest BCUT2D eigenvalue weighted by atomic mass is 10.2. The number of phenols is 1. The number of rotatable bonds is 8. The molecule has 0 bridgehead atoms. The first-order valence-electron chi connectivity index (χ1n) is 9.05. The monoisotopic (exact) mass is 467 g/mol. The Balaban J connectivity index is 2.18. The van der Waals surface area contributed by atoms with Gasteiger partial charge in [-0.3, -0.25) is 9.59 Å². The lowest BCUT2D eigenvalue weighted by Crippen LogP contribution is -2.43. The molecule has 0 aliphatic carbocycles. The molecule has 6 N–H and O–H groups in total. The van der Waals surface area contributed by atoms with Crippen LogP contribution in [0, 0.1) is 0 Å². The second-order valence-corrected chi connectivity index (χ2v) is 8.52. The average Bonchev–Trinajstić information content (AvgIpc) is 2.75. The zero-order chi connectivity index (χ0) is 23.2. The first kappa shape index (κ1) is 24.1. The molecule has 0 fully saturated rings. The molecule has 2 rings (SSSR count). The Kier molecular flexibility index (Phi) is 7.97. The van der Waals surface area contributed by atoms with Crippen molar-refractivity contribution < 1.29 is 23.1 Å². The zero-order valence-electron chi connectivity index (χ0n) is 16.7. The number of carbonyl (C=O) groups excluding carboxylic acids is 2. The first-order valence-corrected chi connectivity index (χ1v) is 10.9. The maximum atomic E-state index is 12.6. The van der Waals surface area contributed by atoms with E-state index in [2.05, 4.69) is 20.5 Å². The molecule has 0 spiro atoms. The lowest BCUT2D eigenvalue weighted by molar-refractivity contribution is -0.117. The summed E-state index contributed by atoms with van der Waals surface area (Å²) in [4.78, 5) is 24.5. The van der Waals surface area contributed by atoms with Gasteiger partial charge in [-0.1, -0.05) is 36.7 Å². The predicted molar refractivity (Wildman–Crippen MR) is 119 cm³/mol. The highest BCUT2D eigenvalue weighted by Gasteiger charge is 2.25. The first-order chi connectivity index (χ1) is 14.6. The van der Waals surface area contributed by atoms with Crippen molar-refractivity contribution in [3.8, 4) is 5.75 Å². The van der Waals surface area contributed by atoms with Gasteiger partial charge in [-0.25, -0.2) is 8.42 Å². The van der Waals surface area contributed by atoms with Crippen LogP contribution in [0.4, 0.5) is 11.4 Å². The van der Waals surface area contributed by atoms with Gasteiger partial charge in [0.1, 0.15) is 17.5 Å². The lowest BCUT2D eigenvalue weighted by Gasteiger charge is -2.18. The van der Waals surface area contributed by atoms with Crippen molar-refractivity contribution in [2.24, 2.45) is 10.9 Å². The van der Waals surface area contributed by atoms with Gasteiger partial charge in [-0.2, -0.15) is 9.82 Å². The van der Waals surface area contributed by atoms with Crippen molar-refractivity contribution in [2.75, 3.05) is 10.6 Å². The number of hydrogen-bond donors (Lipinski definition) is 5. The Morgan fingerprint density at radius 2 is 1.81 bits per heavy atom. The smallest absolute Gasteiger partial charge is 0.271 e. The number of nitrogens with one attached hydrogen (secondary N) is 3. The Bertz CT molecular complexity index is 1110. The fourth-order valence-corrected chi connectivity index (χ4v) is 3.94. The van der Waals surface area contributed by atoms with Crippen molar-refractivity contribution in [1.82, 2.24) is 4.72 Å². The molecule has 1 atom stereocenters. The highest BCUT2D eigenvalue weighted by molar-refractivity contribution is 7.89. The maximum absolute atomic E-state index is 12.6. The molecule has 10 nitrogen and oxygen atoms in total. The van der Waals surface area contributed by atoms with Gasteiger partial charge in [0.05, 0.1) is 21.3 Å². The number of hydrazone groups is 1. The number of amides is 2. The average molecular weight is 468 g/mol. The molecule has 0 aromatic heterocycles. The summed E-state index contributed by atoms with van der Waals surface area (Å²) in [5, 5.41) is 18.3.